The highest BCUT2D eigenvalue weighted by Gasteiger charge is 2.30. The highest BCUT2D eigenvalue weighted by atomic mass is 32.2. The molecule has 2 aliphatic rings. The molecule has 1 aliphatic heterocycles. The first-order chi connectivity index (χ1) is 8.61. The maximum Gasteiger partial charge on any atom is 0.154 e. The predicted molar refractivity (Wildman–Crippen MR) is 68.8 cm³/mol. The van der Waals surface area contributed by atoms with Crippen molar-refractivity contribution in [2.45, 2.75) is 50.4 Å². The molecular formula is C12H19N3O2S. The van der Waals surface area contributed by atoms with Gasteiger partial charge in [0, 0.05) is 18.5 Å². The smallest absolute Gasteiger partial charge is 0.154 e. The highest BCUT2D eigenvalue weighted by Crippen LogP contribution is 2.33. The van der Waals surface area contributed by atoms with Crippen molar-refractivity contribution in [1.29, 1.82) is 0 Å². The normalized spacial score (nSPS) is 23.2. The molecule has 0 spiro atoms. The van der Waals surface area contributed by atoms with Gasteiger partial charge < -0.3 is 5.73 Å². The fourth-order valence-corrected chi connectivity index (χ4v) is 4.56. The molecular weight excluding hydrogens is 250 g/mol. The Bertz CT molecular complexity index is 556. The van der Waals surface area contributed by atoms with Crippen LogP contribution < -0.4 is 5.73 Å². The van der Waals surface area contributed by atoms with E-state index in [1.165, 1.54) is 12.8 Å². The van der Waals surface area contributed by atoms with Gasteiger partial charge in [0.2, 0.25) is 0 Å². The summed E-state index contributed by atoms with van der Waals surface area (Å²) in [7, 11) is -2.95. The number of hydrogen-bond acceptors (Lipinski definition) is 4. The van der Waals surface area contributed by atoms with Gasteiger partial charge in [-0.3, -0.25) is 4.68 Å². The van der Waals surface area contributed by atoms with Crippen LogP contribution in [0, 0.1) is 0 Å². The zero-order valence-corrected chi connectivity index (χ0v) is 11.2. The molecule has 0 aromatic carbocycles. The number of rotatable bonds is 2. The summed E-state index contributed by atoms with van der Waals surface area (Å²) in [5, 5.41) is 4.64. The molecule has 1 aromatic heterocycles. The number of aryl methyl sites for hydroxylation is 1. The lowest BCUT2D eigenvalue weighted by Gasteiger charge is -2.14. The van der Waals surface area contributed by atoms with Crippen molar-refractivity contribution in [3.8, 4) is 0 Å². The number of nitrogens with two attached hydrogens (primary N) is 1. The van der Waals surface area contributed by atoms with E-state index in [1.807, 2.05) is 4.68 Å². The van der Waals surface area contributed by atoms with Gasteiger partial charge in [0.25, 0.3) is 0 Å². The van der Waals surface area contributed by atoms with Crippen LogP contribution in [-0.2, 0) is 28.6 Å². The average molecular weight is 269 g/mol. The van der Waals surface area contributed by atoms with E-state index in [0.29, 0.717) is 19.0 Å². The summed E-state index contributed by atoms with van der Waals surface area (Å²) >= 11 is 0. The van der Waals surface area contributed by atoms with Crippen molar-refractivity contribution in [2.75, 3.05) is 5.75 Å². The van der Waals surface area contributed by atoms with E-state index >= 15 is 0 Å². The number of fused-ring (bicyclic) bond motifs is 1. The number of nitrogens with zero attached hydrogens (tertiary/aromatic N) is 2. The van der Waals surface area contributed by atoms with E-state index in [2.05, 4.69) is 5.10 Å². The van der Waals surface area contributed by atoms with Gasteiger partial charge in [0.15, 0.2) is 9.84 Å². The van der Waals surface area contributed by atoms with Gasteiger partial charge in [0.1, 0.15) is 0 Å². The fourth-order valence-electron chi connectivity index (χ4n) is 3.13. The standard InChI is InChI=1S/C12H19N3O2S/c13-7-12-10-8-18(16,17)6-5-11(10)14-15(12)9-3-1-2-4-9/h9H,1-8,13H2. The molecule has 18 heavy (non-hydrogen) atoms. The van der Waals surface area contributed by atoms with E-state index in [-0.39, 0.29) is 11.5 Å². The summed E-state index contributed by atoms with van der Waals surface area (Å²) < 4.78 is 25.5. The maximum absolute atomic E-state index is 11.7. The van der Waals surface area contributed by atoms with E-state index in [9.17, 15) is 8.42 Å². The lowest BCUT2D eigenvalue weighted by Crippen LogP contribution is -2.19. The Morgan fingerprint density at radius 1 is 1.33 bits per heavy atom. The summed E-state index contributed by atoms with van der Waals surface area (Å²) in [5.41, 5.74) is 8.60. The molecule has 0 bridgehead atoms. The molecule has 100 valence electrons. The van der Waals surface area contributed by atoms with Gasteiger partial charge in [-0.1, -0.05) is 12.8 Å². The SMILES string of the molecule is NCc1c2c(nn1C1CCCC1)CCS(=O)(=O)C2. The van der Waals surface area contributed by atoms with E-state index in [4.69, 9.17) is 5.73 Å². The van der Waals surface area contributed by atoms with Crippen molar-refractivity contribution in [2.24, 2.45) is 5.73 Å². The van der Waals surface area contributed by atoms with Crippen molar-refractivity contribution < 1.29 is 8.42 Å². The monoisotopic (exact) mass is 269 g/mol. The van der Waals surface area contributed by atoms with Crippen molar-refractivity contribution in [1.82, 2.24) is 9.78 Å². The summed E-state index contributed by atoms with van der Waals surface area (Å²) in [4.78, 5) is 0. The Hall–Kier alpha value is -0.880. The van der Waals surface area contributed by atoms with Crippen LogP contribution in [0.15, 0.2) is 0 Å². The summed E-state index contributed by atoms with van der Waals surface area (Å²) in [6.07, 6.45) is 5.29. The second kappa shape index (κ2) is 4.35. The molecule has 0 amide bonds. The van der Waals surface area contributed by atoms with Crippen LogP contribution in [0.5, 0.6) is 0 Å². The molecule has 0 saturated heterocycles. The second-order valence-corrected chi connectivity index (χ2v) is 7.49. The molecule has 0 unspecified atom stereocenters. The minimum atomic E-state index is -2.95. The molecule has 1 aliphatic carbocycles. The van der Waals surface area contributed by atoms with Crippen LogP contribution in [0.2, 0.25) is 0 Å². The minimum absolute atomic E-state index is 0.127. The number of sulfone groups is 1. The molecule has 6 heteroatoms. The quantitative estimate of drug-likeness (QED) is 0.866. The Labute approximate surface area is 107 Å². The molecule has 1 saturated carbocycles. The first kappa shape index (κ1) is 12.2. The molecule has 0 radical (unpaired) electrons. The van der Waals surface area contributed by atoms with Gasteiger partial charge in [-0.25, -0.2) is 8.42 Å². The third kappa shape index (κ3) is 1.97. The van der Waals surface area contributed by atoms with Crippen LogP contribution in [0.3, 0.4) is 0 Å². The Morgan fingerprint density at radius 3 is 2.72 bits per heavy atom. The van der Waals surface area contributed by atoms with E-state index in [1.54, 1.807) is 0 Å². The van der Waals surface area contributed by atoms with Crippen LogP contribution in [0.25, 0.3) is 0 Å². The van der Waals surface area contributed by atoms with Crippen molar-refractivity contribution >= 4 is 9.84 Å². The Balaban J connectivity index is 2.04. The average Bonchev–Trinajstić information content (AvgIpc) is 2.92. The molecule has 2 heterocycles. The minimum Gasteiger partial charge on any atom is -0.325 e. The summed E-state index contributed by atoms with van der Waals surface area (Å²) in [5.74, 6) is 0.354. The lowest BCUT2D eigenvalue weighted by molar-refractivity contribution is 0.447. The largest absolute Gasteiger partial charge is 0.325 e. The molecule has 2 N–H and O–H groups in total. The molecule has 3 rings (SSSR count). The highest BCUT2D eigenvalue weighted by molar-refractivity contribution is 7.90. The van der Waals surface area contributed by atoms with Crippen LogP contribution in [-0.4, -0.2) is 24.0 Å². The summed E-state index contributed by atoms with van der Waals surface area (Å²) in [6, 6.07) is 0.428. The molecule has 0 atom stereocenters. The van der Waals surface area contributed by atoms with Gasteiger partial charge in [0.05, 0.1) is 28.9 Å². The molecule has 5 nitrogen and oxygen atoms in total. The summed E-state index contributed by atoms with van der Waals surface area (Å²) in [6.45, 7) is 0.383. The van der Waals surface area contributed by atoms with Crippen LogP contribution >= 0.6 is 0 Å². The Kier molecular flexibility index (Phi) is 2.94. The maximum atomic E-state index is 11.7. The third-order valence-corrected chi connectivity index (χ3v) is 5.63. The predicted octanol–water partition coefficient (Wildman–Crippen LogP) is 0.928. The first-order valence-corrected chi connectivity index (χ1v) is 8.42. The van der Waals surface area contributed by atoms with Crippen molar-refractivity contribution in [3.63, 3.8) is 0 Å². The topological polar surface area (TPSA) is 78.0 Å². The number of aromatic nitrogens is 2. The first-order valence-electron chi connectivity index (χ1n) is 6.60. The molecule has 1 aromatic rings. The number of hydrogen-bond donors (Lipinski definition) is 1. The lowest BCUT2D eigenvalue weighted by atomic mass is 10.1. The second-order valence-electron chi connectivity index (χ2n) is 5.30. The van der Waals surface area contributed by atoms with Gasteiger partial charge in [-0.15, -0.1) is 0 Å². The zero-order chi connectivity index (χ0) is 12.8. The Morgan fingerprint density at radius 2 is 2.06 bits per heavy atom. The van der Waals surface area contributed by atoms with E-state index < -0.39 is 9.84 Å². The fraction of sp³-hybridized carbons (Fsp3) is 0.750. The van der Waals surface area contributed by atoms with Crippen molar-refractivity contribution in [3.05, 3.63) is 17.0 Å². The van der Waals surface area contributed by atoms with E-state index in [0.717, 1.165) is 29.8 Å². The van der Waals surface area contributed by atoms with Crippen LogP contribution in [0.4, 0.5) is 0 Å². The molecule has 1 fully saturated rings. The zero-order valence-electron chi connectivity index (χ0n) is 10.4. The van der Waals surface area contributed by atoms with Gasteiger partial charge >= 0.3 is 0 Å². The van der Waals surface area contributed by atoms with Gasteiger partial charge in [-0.05, 0) is 12.8 Å². The van der Waals surface area contributed by atoms with Gasteiger partial charge in [-0.2, -0.15) is 5.10 Å². The third-order valence-electron chi connectivity index (χ3n) is 4.08. The van der Waals surface area contributed by atoms with Crippen LogP contribution in [0.1, 0.15) is 48.7 Å².